The number of hydrogen-bond acceptors (Lipinski definition) is 2. The molecule has 138 valence electrons. The Kier molecular flexibility index (Phi) is 6.22. The largest absolute Gasteiger partial charge is 0.367 e. The Morgan fingerprint density at radius 1 is 1.04 bits per heavy atom. The van der Waals surface area contributed by atoms with Gasteiger partial charge in [0.1, 0.15) is 5.82 Å². The van der Waals surface area contributed by atoms with Gasteiger partial charge in [-0.15, -0.1) is 0 Å². The van der Waals surface area contributed by atoms with Gasteiger partial charge < -0.3 is 15.1 Å². The maximum atomic E-state index is 12.9. The zero-order valence-electron chi connectivity index (χ0n) is 14.2. The monoisotopic (exact) mass is 395 g/mol. The SMILES string of the molecule is O=C(NCCc1ccc(F)cc1)N1CCN(c2ccc(Cl)cc2Cl)CC1. The summed E-state index contributed by atoms with van der Waals surface area (Å²) < 4.78 is 12.9. The lowest BCUT2D eigenvalue weighted by atomic mass is 10.1. The van der Waals surface area contributed by atoms with E-state index in [4.69, 9.17) is 23.2 Å². The Hall–Kier alpha value is -1.98. The van der Waals surface area contributed by atoms with Crippen LogP contribution in [0, 0.1) is 5.82 Å². The quantitative estimate of drug-likeness (QED) is 0.841. The molecule has 1 heterocycles. The summed E-state index contributed by atoms with van der Waals surface area (Å²) in [6.07, 6.45) is 0.673. The molecule has 0 saturated carbocycles. The normalized spacial score (nSPS) is 14.4. The number of nitrogens with zero attached hydrogens (tertiary/aromatic N) is 2. The zero-order chi connectivity index (χ0) is 18.5. The van der Waals surface area contributed by atoms with Crippen LogP contribution in [-0.4, -0.2) is 43.7 Å². The molecule has 0 spiro atoms. The van der Waals surface area contributed by atoms with Crippen molar-refractivity contribution in [3.8, 4) is 0 Å². The number of piperazine rings is 1. The van der Waals surface area contributed by atoms with Crippen LogP contribution in [-0.2, 0) is 6.42 Å². The second-order valence-corrected chi connectivity index (χ2v) is 7.02. The number of amides is 2. The highest BCUT2D eigenvalue weighted by Gasteiger charge is 2.22. The maximum absolute atomic E-state index is 12.9. The summed E-state index contributed by atoms with van der Waals surface area (Å²) in [7, 11) is 0. The lowest BCUT2D eigenvalue weighted by molar-refractivity contribution is 0.194. The van der Waals surface area contributed by atoms with Crippen LogP contribution in [0.15, 0.2) is 42.5 Å². The summed E-state index contributed by atoms with van der Waals surface area (Å²) in [6.45, 7) is 3.20. The summed E-state index contributed by atoms with van der Waals surface area (Å²) >= 11 is 12.2. The fraction of sp³-hybridized carbons (Fsp3) is 0.316. The van der Waals surface area contributed by atoms with Gasteiger partial charge in [0.2, 0.25) is 0 Å². The molecule has 1 aliphatic heterocycles. The van der Waals surface area contributed by atoms with Crippen molar-refractivity contribution in [3.05, 3.63) is 63.9 Å². The summed E-state index contributed by atoms with van der Waals surface area (Å²) in [5, 5.41) is 4.15. The summed E-state index contributed by atoms with van der Waals surface area (Å²) in [4.78, 5) is 16.2. The predicted molar refractivity (Wildman–Crippen MR) is 104 cm³/mol. The van der Waals surface area contributed by atoms with Crippen LogP contribution < -0.4 is 10.2 Å². The summed E-state index contributed by atoms with van der Waals surface area (Å²) in [6, 6.07) is 11.7. The number of benzene rings is 2. The first kappa shape index (κ1) is 18.8. The number of rotatable bonds is 4. The van der Waals surface area contributed by atoms with Gasteiger partial charge in [-0.3, -0.25) is 0 Å². The Morgan fingerprint density at radius 2 is 1.73 bits per heavy atom. The van der Waals surface area contributed by atoms with Crippen molar-refractivity contribution in [2.75, 3.05) is 37.6 Å². The highest BCUT2D eigenvalue weighted by Crippen LogP contribution is 2.29. The molecule has 0 bridgehead atoms. The molecule has 0 aromatic heterocycles. The molecule has 0 aliphatic carbocycles. The van der Waals surface area contributed by atoms with E-state index in [1.165, 1.54) is 12.1 Å². The number of carbonyl (C=O) groups is 1. The van der Waals surface area contributed by atoms with E-state index < -0.39 is 0 Å². The molecule has 1 saturated heterocycles. The lowest BCUT2D eigenvalue weighted by Gasteiger charge is -2.36. The Bertz CT molecular complexity index is 762. The smallest absolute Gasteiger partial charge is 0.317 e. The third-order valence-electron chi connectivity index (χ3n) is 4.42. The molecule has 2 aromatic rings. The predicted octanol–water partition coefficient (Wildman–Crippen LogP) is 4.21. The molecule has 0 radical (unpaired) electrons. The molecule has 3 rings (SSSR count). The molecule has 0 unspecified atom stereocenters. The average Bonchev–Trinajstić information content (AvgIpc) is 2.63. The van der Waals surface area contributed by atoms with E-state index in [2.05, 4.69) is 10.2 Å². The van der Waals surface area contributed by atoms with Gasteiger partial charge in [-0.2, -0.15) is 0 Å². The molecule has 2 aromatic carbocycles. The fourth-order valence-electron chi connectivity index (χ4n) is 2.96. The minimum absolute atomic E-state index is 0.0750. The first-order valence-electron chi connectivity index (χ1n) is 8.50. The van der Waals surface area contributed by atoms with Crippen molar-refractivity contribution in [2.24, 2.45) is 0 Å². The van der Waals surface area contributed by atoms with Gasteiger partial charge in [0.15, 0.2) is 0 Å². The first-order valence-corrected chi connectivity index (χ1v) is 9.26. The second-order valence-electron chi connectivity index (χ2n) is 6.18. The molecule has 4 nitrogen and oxygen atoms in total. The van der Waals surface area contributed by atoms with Gasteiger partial charge >= 0.3 is 6.03 Å². The van der Waals surface area contributed by atoms with Crippen LogP contribution in [0.5, 0.6) is 0 Å². The number of carbonyl (C=O) groups excluding carboxylic acids is 1. The molecular formula is C19H20Cl2FN3O. The molecule has 7 heteroatoms. The van der Waals surface area contributed by atoms with Gasteiger partial charge in [0.25, 0.3) is 0 Å². The van der Waals surface area contributed by atoms with Gasteiger partial charge in [-0.1, -0.05) is 35.3 Å². The van der Waals surface area contributed by atoms with Gasteiger partial charge in [0.05, 0.1) is 10.7 Å². The van der Waals surface area contributed by atoms with Crippen molar-refractivity contribution in [1.29, 1.82) is 0 Å². The van der Waals surface area contributed by atoms with Gasteiger partial charge in [-0.05, 0) is 42.3 Å². The van der Waals surface area contributed by atoms with E-state index in [0.717, 1.165) is 11.3 Å². The lowest BCUT2D eigenvalue weighted by Crippen LogP contribution is -2.52. The number of nitrogens with one attached hydrogen (secondary N) is 1. The zero-order valence-corrected chi connectivity index (χ0v) is 15.7. The second kappa shape index (κ2) is 8.60. The van der Waals surface area contributed by atoms with E-state index in [1.807, 2.05) is 12.1 Å². The highest BCUT2D eigenvalue weighted by molar-refractivity contribution is 6.36. The van der Waals surface area contributed by atoms with E-state index in [1.54, 1.807) is 23.1 Å². The maximum Gasteiger partial charge on any atom is 0.317 e. The molecule has 26 heavy (non-hydrogen) atoms. The minimum atomic E-state index is -0.253. The average molecular weight is 396 g/mol. The number of anilines is 1. The fourth-order valence-corrected chi connectivity index (χ4v) is 3.49. The highest BCUT2D eigenvalue weighted by atomic mass is 35.5. The third-order valence-corrected chi connectivity index (χ3v) is 4.96. The van der Waals surface area contributed by atoms with Crippen LogP contribution in [0.25, 0.3) is 0 Å². The molecule has 1 fully saturated rings. The van der Waals surface area contributed by atoms with E-state index in [-0.39, 0.29) is 11.8 Å². The van der Waals surface area contributed by atoms with Gasteiger partial charge in [-0.25, -0.2) is 9.18 Å². The Morgan fingerprint density at radius 3 is 2.38 bits per heavy atom. The molecule has 0 atom stereocenters. The van der Waals surface area contributed by atoms with Crippen LogP contribution in [0.4, 0.5) is 14.9 Å². The number of halogens is 3. The Balaban J connectivity index is 1.45. The number of urea groups is 1. The van der Waals surface area contributed by atoms with Crippen molar-refractivity contribution in [2.45, 2.75) is 6.42 Å². The first-order chi connectivity index (χ1) is 12.5. The molecule has 1 N–H and O–H groups in total. The van der Waals surface area contributed by atoms with E-state index in [9.17, 15) is 9.18 Å². The Labute approximate surface area is 162 Å². The standard InChI is InChI=1S/C19H20Cl2FN3O/c20-15-3-6-18(17(21)13-15)24-9-11-25(12-10-24)19(26)23-8-7-14-1-4-16(22)5-2-14/h1-6,13H,7-12H2,(H,23,26). The van der Waals surface area contributed by atoms with E-state index >= 15 is 0 Å². The molecule has 2 amide bonds. The van der Waals surface area contributed by atoms with Crippen molar-refractivity contribution in [3.63, 3.8) is 0 Å². The van der Waals surface area contributed by atoms with Crippen molar-refractivity contribution < 1.29 is 9.18 Å². The number of hydrogen-bond donors (Lipinski definition) is 1. The summed E-state index contributed by atoms with van der Waals surface area (Å²) in [5.41, 5.74) is 1.93. The topological polar surface area (TPSA) is 35.6 Å². The van der Waals surface area contributed by atoms with Crippen LogP contribution in [0.3, 0.4) is 0 Å². The van der Waals surface area contributed by atoms with Crippen LogP contribution >= 0.6 is 23.2 Å². The van der Waals surface area contributed by atoms with E-state index in [0.29, 0.717) is 49.2 Å². The van der Waals surface area contributed by atoms with Crippen LogP contribution in [0.1, 0.15) is 5.56 Å². The summed E-state index contributed by atoms with van der Waals surface area (Å²) in [5.74, 6) is -0.253. The van der Waals surface area contributed by atoms with Crippen molar-refractivity contribution in [1.82, 2.24) is 10.2 Å². The van der Waals surface area contributed by atoms with Crippen molar-refractivity contribution >= 4 is 34.9 Å². The third kappa shape index (κ3) is 4.80. The van der Waals surface area contributed by atoms with Crippen LogP contribution in [0.2, 0.25) is 10.0 Å². The van der Waals surface area contributed by atoms with Gasteiger partial charge in [0, 0.05) is 37.7 Å². The molecular weight excluding hydrogens is 376 g/mol. The minimum Gasteiger partial charge on any atom is -0.367 e. The molecule has 1 aliphatic rings.